The lowest BCUT2D eigenvalue weighted by atomic mass is 10.0. The SMILES string of the molecule is O=C(CN1CCC(NC(=O)CCc2nc3ccccc3c(=O)n2C2CC2)CC1)Nc1ccccc1. The molecule has 2 fully saturated rings. The molecule has 0 unspecified atom stereocenters. The van der Waals surface area contributed by atoms with Gasteiger partial charge in [-0.3, -0.25) is 23.9 Å². The van der Waals surface area contributed by atoms with Gasteiger partial charge in [0.1, 0.15) is 5.82 Å². The number of hydrogen-bond acceptors (Lipinski definition) is 5. The molecule has 35 heavy (non-hydrogen) atoms. The van der Waals surface area contributed by atoms with Crippen LogP contribution in [0.3, 0.4) is 0 Å². The van der Waals surface area contributed by atoms with E-state index in [9.17, 15) is 14.4 Å². The topological polar surface area (TPSA) is 96.3 Å². The van der Waals surface area contributed by atoms with E-state index in [1.54, 1.807) is 4.57 Å². The molecular weight excluding hydrogens is 442 g/mol. The molecule has 8 nitrogen and oxygen atoms in total. The number of rotatable bonds is 8. The van der Waals surface area contributed by atoms with Gasteiger partial charge in [0.25, 0.3) is 5.56 Å². The van der Waals surface area contributed by atoms with Crippen molar-refractivity contribution in [1.29, 1.82) is 0 Å². The maximum absolute atomic E-state index is 13.0. The number of piperidine rings is 1. The molecule has 0 radical (unpaired) electrons. The Labute approximate surface area is 204 Å². The molecule has 1 aliphatic carbocycles. The number of hydrogen-bond donors (Lipinski definition) is 2. The Morgan fingerprint density at radius 1 is 0.914 bits per heavy atom. The van der Waals surface area contributed by atoms with Crippen LogP contribution in [0.1, 0.15) is 44.0 Å². The average molecular weight is 474 g/mol. The highest BCUT2D eigenvalue weighted by molar-refractivity contribution is 5.92. The fourth-order valence-corrected chi connectivity index (χ4v) is 4.76. The number of likely N-dealkylation sites (tertiary alicyclic amines) is 1. The van der Waals surface area contributed by atoms with Crippen LogP contribution in [0.2, 0.25) is 0 Å². The molecule has 0 atom stereocenters. The molecule has 182 valence electrons. The maximum atomic E-state index is 13.0. The fourth-order valence-electron chi connectivity index (χ4n) is 4.76. The van der Waals surface area contributed by atoms with Gasteiger partial charge in [0, 0.05) is 43.7 Å². The third-order valence-corrected chi connectivity index (χ3v) is 6.75. The molecule has 2 amide bonds. The molecule has 0 spiro atoms. The van der Waals surface area contributed by atoms with Gasteiger partial charge in [0.05, 0.1) is 17.4 Å². The Morgan fingerprint density at radius 2 is 1.63 bits per heavy atom. The van der Waals surface area contributed by atoms with Crippen LogP contribution in [-0.4, -0.2) is 51.9 Å². The Bertz CT molecular complexity index is 1260. The van der Waals surface area contributed by atoms with Crippen LogP contribution in [-0.2, 0) is 16.0 Å². The Kier molecular flexibility index (Phi) is 6.90. The standard InChI is InChI=1S/C27H31N5O3/c33-25(13-12-24-30-23-9-5-4-8-22(23)27(35)32(24)21-10-11-21)28-20-14-16-31(17-15-20)18-26(34)29-19-6-2-1-3-7-19/h1-9,20-21H,10-18H2,(H,28,33)(H,29,34). The van der Waals surface area contributed by atoms with Crippen molar-refractivity contribution >= 4 is 28.4 Å². The summed E-state index contributed by atoms with van der Waals surface area (Å²) in [6.45, 7) is 1.88. The summed E-state index contributed by atoms with van der Waals surface area (Å²) in [6, 6.07) is 17.2. The number of amides is 2. The minimum Gasteiger partial charge on any atom is -0.353 e. The van der Waals surface area contributed by atoms with Gasteiger partial charge in [-0.1, -0.05) is 30.3 Å². The Hall–Kier alpha value is -3.52. The third-order valence-electron chi connectivity index (χ3n) is 6.75. The number of aromatic nitrogens is 2. The monoisotopic (exact) mass is 473 g/mol. The fraction of sp³-hybridized carbons (Fsp3) is 0.407. The highest BCUT2D eigenvalue weighted by atomic mass is 16.2. The van der Waals surface area contributed by atoms with E-state index in [2.05, 4.69) is 15.5 Å². The molecule has 1 saturated carbocycles. The van der Waals surface area contributed by atoms with Gasteiger partial charge in [0.15, 0.2) is 0 Å². The summed E-state index contributed by atoms with van der Waals surface area (Å²) in [7, 11) is 0. The van der Waals surface area contributed by atoms with Crippen LogP contribution in [0.15, 0.2) is 59.4 Å². The van der Waals surface area contributed by atoms with Crippen LogP contribution in [0.25, 0.3) is 10.9 Å². The van der Waals surface area contributed by atoms with Crippen molar-refractivity contribution in [3.8, 4) is 0 Å². The molecule has 1 aromatic heterocycles. The van der Waals surface area contributed by atoms with Crippen LogP contribution in [0, 0.1) is 0 Å². The van der Waals surface area contributed by atoms with Gasteiger partial charge in [-0.15, -0.1) is 0 Å². The summed E-state index contributed by atoms with van der Waals surface area (Å²) in [5.74, 6) is 0.656. The number of nitrogens with zero attached hydrogens (tertiary/aromatic N) is 3. The summed E-state index contributed by atoms with van der Waals surface area (Å²) in [5.41, 5.74) is 1.48. The van der Waals surface area contributed by atoms with Gasteiger partial charge in [-0.2, -0.15) is 0 Å². The number of aryl methyl sites for hydroxylation is 1. The second-order valence-electron chi connectivity index (χ2n) is 9.48. The summed E-state index contributed by atoms with van der Waals surface area (Å²) in [6.07, 6.45) is 4.34. The Morgan fingerprint density at radius 3 is 2.37 bits per heavy atom. The molecule has 1 saturated heterocycles. The first kappa shape index (κ1) is 23.2. The second kappa shape index (κ2) is 10.4. The van der Waals surface area contributed by atoms with Crippen LogP contribution in [0.5, 0.6) is 0 Å². The van der Waals surface area contributed by atoms with E-state index in [4.69, 9.17) is 4.98 Å². The molecule has 2 aliphatic rings. The number of carbonyl (C=O) groups excluding carboxylic acids is 2. The first-order valence-electron chi connectivity index (χ1n) is 12.4. The van der Waals surface area contributed by atoms with Crippen molar-refractivity contribution in [2.75, 3.05) is 25.0 Å². The molecule has 0 bridgehead atoms. The highest BCUT2D eigenvalue weighted by Gasteiger charge is 2.28. The van der Waals surface area contributed by atoms with E-state index in [-0.39, 0.29) is 29.5 Å². The minimum atomic E-state index is -0.0247. The number of para-hydroxylation sites is 2. The largest absolute Gasteiger partial charge is 0.353 e. The highest BCUT2D eigenvalue weighted by Crippen LogP contribution is 2.34. The lowest BCUT2D eigenvalue weighted by Crippen LogP contribution is -2.46. The zero-order valence-electron chi connectivity index (χ0n) is 19.8. The van der Waals surface area contributed by atoms with Gasteiger partial charge in [-0.05, 0) is 49.9 Å². The number of fused-ring (bicyclic) bond motifs is 1. The van der Waals surface area contributed by atoms with Gasteiger partial charge in [-0.25, -0.2) is 4.98 Å². The van der Waals surface area contributed by atoms with Crippen molar-refractivity contribution in [3.63, 3.8) is 0 Å². The van der Waals surface area contributed by atoms with E-state index in [1.807, 2.05) is 54.6 Å². The first-order chi connectivity index (χ1) is 17.1. The average Bonchev–Trinajstić information content (AvgIpc) is 3.70. The molecule has 2 aromatic carbocycles. The molecule has 5 rings (SSSR count). The van der Waals surface area contributed by atoms with Crippen molar-refractivity contribution in [2.45, 2.75) is 50.6 Å². The van der Waals surface area contributed by atoms with E-state index >= 15 is 0 Å². The summed E-state index contributed by atoms with van der Waals surface area (Å²) >= 11 is 0. The minimum absolute atomic E-state index is 0.00261. The van der Waals surface area contributed by atoms with Crippen LogP contribution >= 0.6 is 0 Å². The van der Waals surface area contributed by atoms with E-state index in [0.29, 0.717) is 36.1 Å². The lowest BCUT2D eigenvalue weighted by molar-refractivity contribution is -0.122. The van der Waals surface area contributed by atoms with Crippen LogP contribution < -0.4 is 16.2 Å². The summed E-state index contributed by atoms with van der Waals surface area (Å²) in [5, 5.41) is 6.69. The zero-order valence-corrected chi connectivity index (χ0v) is 19.8. The Balaban J connectivity index is 1.10. The number of carbonyl (C=O) groups is 2. The lowest BCUT2D eigenvalue weighted by Gasteiger charge is -2.31. The normalized spacial score (nSPS) is 16.8. The predicted molar refractivity (Wildman–Crippen MR) is 135 cm³/mol. The van der Waals surface area contributed by atoms with Gasteiger partial charge in [0.2, 0.25) is 11.8 Å². The smallest absolute Gasteiger partial charge is 0.261 e. The molecule has 1 aliphatic heterocycles. The summed E-state index contributed by atoms with van der Waals surface area (Å²) in [4.78, 5) is 44.8. The molecule has 2 heterocycles. The van der Waals surface area contributed by atoms with E-state index < -0.39 is 0 Å². The van der Waals surface area contributed by atoms with E-state index in [0.717, 1.165) is 44.5 Å². The molecular formula is C27H31N5O3. The van der Waals surface area contributed by atoms with Crippen molar-refractivity contribution in [3.05, 3.63) is 70.8 Å². The third kappa shape index (κ3) is 5.77. The summed E-state index contributed by atoms with van der Waals surface area (Å²) < 4.78 is 1.80. The number of nitrogens with one attached hydrogen (secondary N) is 2. The van der Waals surface area contributed by atoms with Gasteiger partial charge >= 0.3 is 0 Å². The first-order valence-corrected chi connectivity index (χ1v) is 12.4. The van der Waals surface area contributed by atoms with Crippen molar-refractivity contribution < 1.29 is 9.59 Å². The predicted octanol–water partition coefficient (Wildman–Crippen LogP) is 2.88. The molecule has 8 heteroatoms. The zero-order chi connectivity index (χ0) is 24.2. The van der Waals surface area contributed by atoms with E-state index in [1.165, 1.54) is 0 Å². The van der Waals surface area contributed by atoms with Crippen LogP contribution in [0.4, 0.5) is 5.69 Å². The van der Waals surface area contributed by atoms with Crippen molar-refractivity contribution in [2.24, 2.45) is 0 Å². The number of anilines is 1. The maximum Gasteiger partial charge on any atom is 0.261 e. The van der Waals surface area contributed by atoms with Crippen molar-refractivity contribution in [1.82, 2.24) is 19.8 Å². The second-order valence-corrected chi connectivity index (χ2v) is 9.48. The number of benzene rings is 2. The molecule has 3 aromatic rings. The molecule has 2 N–H and O–H groups in total. The van der Waals surface area contributed by atoms with Gasteiger partial charge < -0.3 is 10.6 Å². The quantitative estimate of drug-likeness (QED) is 0.525.